The van der Waals surface area contributed by atoms with Crippen LogP contribution in [-0.2, 0) is 21.2 Å². The van der Waals surface area contributed by atoms with Crippen LogP contribution in [0, 0.1) is 0 Å². The van der Waals surface area contributed by atoms with E-state index < -0.39 is 10.0 Å². The molecule has 0 radical (unpaired) electrons. The zero-order valence-electron chi connectivity index (χ0n) is 18.8. The first-order valence-electron chi connectivity index (χ1n) is 11.3. The maximum absolute atomic E-state index is 13.0. The van der Waals surface area contributed by atoms with E-state index in [0.717, 1.165) is 19.3 Å². The van der Waals surface area contributed by atoms with Gasteiger partial charge in [-0.2, -0.15) is 4.31 Å². The molecule has 2 aliphatic heterocycles. The third kappa shape index (κ3) is 5.59. The van der Waals surface area contributed by atoms with E-state index in [9.17, 15) is 13.2 Å². The number of benzene rings is 2. The first-order chi connectivity index (χ1) is 16.0. The van der Waals surface area contributed by atoms with E-state index in [4.69, 9.17) is 14.2 Å². The van der Waals surface area contributed by atoms with Crippen molar-refractivity contribution >= 4 is 15.9 Å². The van der Waals surface area contributed by atoms with E-state index in [0.29, 0.717) is 55.5 Å². The number of fused-ring (bicyclic) bond motifs is 1. The van der Waals surface area contributed by atoms with Crippen molar-refractivity contribution in [3.8, 4) is 17.2 Å². The molecule has 178 valence electrons. The van der Waals surface area contributed by atoms with Crippen LogP contribution in [0.1, 0.15) is 31.2 Å². The lowest BCUT2D eigenvalue weighted by molar-refractivity contribution is -0.121. The van der Waals surface area contributed by atoms with Gasteiger partial charge < -0.3 is 19.5 Å². The first-order valence-corrected chi connectivity index (χ1v) is 12.7. The SMILES string of the molecule is COc1ccc(S(=O)(=O)N2CCCCC2)cc1CCC(=O)NCC1COc2ccccc2O1. The Bertz CT molecular complexity index is 1080. The largest absolute Gasteiger partial charge is 0.496 e. The molecule has 0 aliphatic carbocycles. The van der Waals surface area contributed by atoms with Gasteiger partial charge in [0.1, 0.15) is 18.5 Å². The van der Waals surface area contributed by atoms with Crippen LogP contribution in [-0.4, -0.2) is 58.1 Å². The van der Waals surface area contributed by atoms with Gasteiger partial charge in [-0.25, -0.2) is 8.42 Å². The van der Waals surface area contributed by atoms with Gasteiger partial charge in [0.05, 0.1) is 18.6 Å². The molecular formula is C24H30N2O6S. The molecule has 1 atom stereocenters. The number of nitrogens with one attached hydrogen (secondary N) is 1. The molecule has 1 fully saturated rings. The molecule has 2 aliphatic rings. The molecule has 1 amide bonds. The Balaban J connectivity index is 1.34. The zero-order chi connectivity index (χ0) is 23.3. The number of amides is 1. The second-order valence-corrected chi connectivity index (χ2v) is 10.2. The van der Waals surface area contributed by atoms with Crippen molar-refractivity contribution in [1.82, 2.24) is 9.62 Å². The van der Waals surface area contributed by atoms with E-state index in [1.807, 2.05) is 24.3 Å². The number of para-hydroxylation sites is 2. The monoisotopic (exact) mass is 474 g/mol. The number of carbonyl (C=O) groups excluding carboxylic acids is 1. The van der Waals surface area contributed by atoms with Gasteiger partial charge in [0, 0.05) is 19.5 Å². The van der Waals surface area contributed by atoms with Crippen molar-refractivity contribution in [1.29, 1.82) is 0 Å². The Kier molecular flexibility index (Phi) is 7.39. The molecule has 0 saturated carbocycles. The number of methoxy groups -OCH3 is 1. The maximum Gasteiger partial charge on any atom is 0.243 e. The zero-order valence-corrected chi connectivity index (χ0v) is 19.6. The van der Waals surface area contributed by atoms with E-state index in [1.54, 1.807) is 22.5 Å². The smallest absolute Gasteiger partial charge is 0.243 e. The number of piperidine rings is 1. The summed E-state index contributed by atoms with van der Waals surface area (Å²) in [7, 11) is -2.01. The van der Waals surface area contributed by atoms with Gasteiger partial charge in [0.25, 0.3) is 0 Å². The minimum atomic E-state index is -3.55. The molecule has 2 heterocycles. The highest BCUT2D eigenvalue weighted by atomic mass is 32.2. The lowest BCUT2D eigenvalue weighted by Gasteiger charge is -2.26. The van der Waals surface area contributed by atoms with Crippen molar-refractivity contribution in [2.75, 3.05) is 33.4 Å². The second-order valence-electron chi connectivity index (χ2n) is 8.24. The molecule has 1 unspecified atom stereocenters. The molecule has 33 heavy (non-hydrogen) atoms. The van der Waals surface area contributed by atoms with Gasteiger partial charge in [-0.05, 0) is 55.2 Å². The Morgan fingerprint density at radius 1 is 1.12 bits per heavy atom. The summed E-state index contributed by atoms with van der Waals surface area (Å²) in [6, 6.07) is 12.3. The Morgan fingerprint density at radius 3 is 2.64 bits per heavy atom. The number of rotatable bonds is 8. The highest BCUT2D eigenvalue weighted by Crippen LogP contribution is 2.31. The second kappa shape index (κ2) is 10.4. The highest BCUT2D eigenvalue weighted by molar-refractivity contribution is 7.89. The fourth-order valence-corrected chi connectivity index (χ4v) is 5.66. The molecule has 4 rings (SSSR count). The van der Waals surface area contributed by atoms with Crippen LogP contribution in [0.2, 0.25) is 0 Å². The predicted molar refractivity (Wildman–Crippen MR) is 123 cm³/mol. The fourth-order valence-electron chi connectivity index (χ4n) is 4.09. The molecule has 1 saturated heterocycles. The minimum Gasteiger partial charge on any atom is -0.496 e. The quantitative estimate of drug-likeness (QED) is 0.632. The van der Waals surface area contributed by atoms with Crippen molar-refractivity contribution < 1.29 is 27.4 Å². The van der Waals surface area contributed by atoms with E-state index in [-0.39, 0.29) is 23.3 Å². The Labute approximate surface area is 194 Å². The molecule has 0 bridgehead atoms. The molecule has 8 nitrogen and oxygen atoms in total. The first kappa shape index (κ1) is 23.4. The van der Waals surface area contributed by atoms with Gasteiger partial charge in [-0.3, -0.25) is 4.79 Å². The summed E-state index contributed by atoms with van der Waals surface area (Å²) in [6.45, 7) is 1.78. The molecule has 0 spiro atoms. The average Bonchev–Trinajstić information content (AvgIpc) is 2.86. The van der Waals surface area contributed by atoms with Gasteiger partial charge in [0.15, 0.2) is 11.5 Å². The van der Waals surface area contributed by atoms with Crippen molar-refractivity contribution in [3.63, 3.8) is 0 Å². The predicted octanol–water partition coefficient (Wildman–Crippen LogP) is 2.76. The van der Waals surface area contributed by atoms with Crippen molar-refractivity contribution in [2.45, 2.75) is 43.1 Å². The van der Waals surface area contributed by atoms with E-state index >= 15 is 0 Å². The number of sulfonamides is 1. The number of hydrogen-bond donors (Lipinski definition) is 1. The minimum absolute atomic E-state index is 0.149. The number of aryl methyl sites for hydroxylation is 1. The average molecular weight is 475 g/mol. The third-order valence-electron chi connectivity index (χ3n) is 5.92. The topological polar surface area (TPSA) is 94.2 Å². The van der Waals surface area contributed by atoms with E-state index in [1.165, 1.54) is 7.11 Å². The third-order valence-corrected chi connectivity index (χ3v) is 7.82. The summed E-state index contributed by atoms with van der Waals surface area (Å²) >= 11 is 0. The van der Waals surface area contributed by atoms with E-state index in [2.05, 4.69) is 5.32 Å². The number of ether oxygens (including phenoxy) is 3. The normalized spacial score (nSPS) is 18.5. The summed E-state index contributed by atoms with van der Waals surface area (Å²) in [5.74, 6) is 1.79. The van der Waals surface area contributed by atoms with Crippen LogP contribution in [0.5, 0.6) is 17.2 Å². The standard InChI is InChI=1S/C24H30N2O6S/c1-30-21-11-10-20(33(28,29)26-13-5-2-6-14-26)15-18(21)9-12-24(27)25-16-19-17-31-22-7-3-4-8-23(22)32-19/h3-4,7-8,10-11,15,19H,2,5-6,9,12-14,16-17H2,1H3,(H,25,27). The summed E-state index contributed by atoms with van der Waals surface area (Å²) in [5.41, 5.74) is 0.692. The van der Waals surface area contributed by atoms with Gasteiger partial charge in [0.2, 0.25) is 15.9 Å². The van der Waals surface area contributed by atoms with Crippen LogP contribution in [0.15, 0.2) is 47.4 Å². The lowest BCUT2D eigenvalue weighted by atomic mass is 10.1. The Morgan fingerprint density at radius 2 is 1.88 bits per heavy atom. The molecular weight excluding hydrogens is 444 g/mol. The molecule has 1 N–H and O–H groups in total. The van der Waals surface area contributed by atoms with Crippen molar-refractivity contribution in [3.05, 3.63) is 48.0 Å². The van der Waals surface area contributed by atoms with Crippen LogP contribution in [0.25, 0.3) is 0 Å². The van der Waals surface area contributed by atoms with Gasteiger partial charge in [-0.1, -0.05) is 18.6 Å². The van der Waals surface area contributed by atoms with Crippen LogP contribution in [0.4, 0.5) is 0 Å². The fraction of sp³-hybridized carbons (Fsp3) is 0.458. The molecule has 9 heteroatoms. The van der Waals surface area contributed by atoms with Crippen LogP contribution >= 0.6 is 0 Å². The maximum atomic E-state index is 13.0. The molecule has 2 aromatic rings. The summed E-state index contributed by atoms with van der Waals surface area (Å²) < 4.78 is 44.5. The van der Waals surface area contributed by atoms with Crippen molar-refractivity contribution in [2.24, 2.45) is 0 Å². The molecule has 2 aromatic carbocycles. The number of carbonyl (C=O) groups is 1. The Hall–Kier alpha value is -2.78. The lowest BCUT2D eigenvalue weighted by Crippen LogP contribution is -2.40. The highest BCUT2D eigenvalue weighted by Gasteiger charge is 2.27. The number of nitrogens with zero attached hydrogens (tertiary/aromatic N) is 1. The van der Waals surface area contributed by atoms with Crippen LogP contribution < -0.4 is 19.5 Å². The van der Waals surface area contributed by atoms with Crippen LogP contribution in [0.3, 0.4) is 0 Å². The molecule has 0 aromatic heterocycles. The summed E-state index contributed by atoms with van der Waals surface area (Å²) in [5, 5.41) is 2.88. The van der Waals surface area contributed by atoms with Gasteiger partial charge >= 0.3 is 0 Å². The summed E-state index contributed by atoms with van der Waals surface area (Å²) in [4.78, 5) is 12.7. The summed E-state index contributed by atoms with van der Waals surface area (Å²) in [6.07, 6.45) is 3.11. The number of hydrogen-bond acceptors (Lipinski definition) is 6. The van der Waals surface area contributed by atoms with Gasteiger partial charge in [-0.15, -0.1) is 0 Å².